The minimum Gasteiger partial charge on any atom is -0.317 e. The number of nitrogens with zero attached hydrogens (tertiary/aromatic N) is 5. The van der Waals surface area contributed by atoms with Crippen molar-refractivity contribution in [2.75, 3.05) is 13.1 Å². The van der Waals surface area contributed by atoms with Gasteiger partial charge in [-0.3, -0.25) is 0 Å². The number of benzene rings is 1. The number of halogens is 5. The van der Waals surface area contributed by atoms with Crippen LogP contribution in [0.4, 0.5) is 17.6 Å². The third kappa shape index (κ3) is 4.00. The van der Waals surface area contributed by atoms with Crippen LogP contribution in [0.15, 0.2) is 30.6 Å². The Bertz CT molecular complexity index is 1300. The number of alkyl halides is 3. The Balaban J connectivity index is 0.00000245. The lowest BCUT2D eigenvalue weighted by molar-refractivity contribution is -0.136. The molecule has 1 aromatic carbocycles. The average Bonchev–Trinajstić information content (AvgIpc) is 3.12. The number of nitrogens with one attached hydrogen (secondary N) is 1. The Morgan fingerprint density at radius 2 is 1.75 bits per heavy atom. The highest BCUT2D eigenvalue weighted by Gasteiger charge is 2.34. The van der Waals surface area contributed by atoms with Gasteiger partial charge in [0.1, 0.15) is 16.7 Å². The summed E-state index contributed by atoms with van der Waals surface area (Å²) in [6.45, 7) is 3.29. The standard InChI is InChI=1S/C21H18F4N6.ClH/c1-11-9-31-10-14(6-15(20(31)27-11)21(23,24)25)13-7-16(22)18-17(8-13)29-30-19(28-18)12-2-4-26-5-3-12;/h6-10,12,26H,2-5H2,1H3;1H. The van der Waals surface area contributed by atoms with E-state index in [1.807, 2.05) is 0 Å². The summed E-state index contributed by atoms with van der Waals surface area (Å²) in [4.78, 5) is 8.34. The van der Waals surface area contributed by atoms with Gasteiger partial charge < -0.3 is 9.72 Å². The monoisotopic (exact) mass is 466 g/mol. The molecule has 0 amide bonds. The lowest BCUT2D eigenvalue weighted by Gasteiger charge is -2.20. The van der Waals surface area contributed by atoms with Gasteiger partial charge in [-0.15, -0.1) is 22.6 Å². The number of hydrogen-bond donors (Lipinski definition) is 1. The van der Waals surface area contributed by atoms with Crippen molar-refractivity contribution in [1.29, 1.82) is 0 Å². The number of rotatable bonds is 2. The molecule has 0 saturated carbocycles. The molecule has 3 aromatic heterocycles. The molecule has 32 heavy (non-hydrogen) atoms. The number of hydrogen-bond acceptors (Lipinski definition) is 5. The van der Waals surface area contributed by atoms with Gasteiger partial charge in [0, 0.05) is 18.3 Å². The van der Waals surface area contributed by atoms with E-state index < -0.39 is 17.6 Å². The van der Waals surface area contributed by atoms with Gasteiger partial charge in [-0.25, -0.2) is 14.4 Å². The predicted octanol–water partition coefficient (Wildman–Crippen LogP) is 4.69. The van der Waals surface area contributed by atoms with Crippen LogP contribution in [0, 0.1) is 12.7 Å². The zero-order valence-corrected chi connectivity index (χ0v) is 17.8. The topological polar surface area (TPSA) is 68.0 Å². The van der Waals surface area contributed by atoms with E-state index in [0.29, 0.717) is 11.5 Å². The predicted molar refractivity (Wildman–Crippen MR) is 113 cm³/mol. The molecule has 0 radical (unpaired) electrons. The van der Waals surface area contributed by atoms with Crippen LogP contribution in [0.2, 0.25) is 0 Å². The maximum Gasteiger partial charge on any atom is 0.420 e. The minimum atomic E-state index is -4.60. The summed E-state index contributed by atoms with van der Waals surface area (Å²) in [6, 6.07) is 3.68. The van der Waals surface area contributed by atoms with Crippen molar-refractivity contribution in [3.63, 3.8) is 0 Å². The zero-order valence-electron chi connectivity index (χ0n) is 16.9. The van der Waals surface area contributed by atoms with Crippen molar-refractivity contribution >= 4 is 29.1 Å². The quantitative estimate of drug-likeness (QED) is 0.434. The van der Waals surface area contributed by atoms with Gasteiger partial charge in [0.25, 0.3) is 0 Å². The molecule has 168 valence electrons. The van der Waals surface area contributed by atoms with E-state index in [4.69, 9.17) is 0 Å². The third-order valence-electron chi connectivity index (χ3n) is 5.54. The summed E-state index contributed by atoms with van der Waals surface area (Å²) in [5.74, 6) is -0.0400. The molecule has 1 saturated heterocycles. The number of aryl methyl sites for hydroxylation is 1. The second-order valence-corrected chi connectivity index (χ2v) is 7.77. The Labute approximate surface area is 186 Å². The average molecular weight is 467 g/mol. The highest BCUT2D eigenvalue weighted by Crippen LogP contribution is 2.36. The van der Waals surface area contributed by atoms with Gasteiger partial charge in [-0.05, 0) is 62.2 Å². The first-order chi connectivity index (χ1) is 14.8. The van der Waals surface area contributed by atoms with Crippen molar-refractivity contribution in [2.24, 2.45) is 0 Å². The van der Waals surface area contributed by atoms with E-state index in [2.05, 4.69) is 25.5 Å². The van der Waals surface area contributed by atoms with Crippen LogP contribution in [-0.2, 0) is 6.18 Å². The molecule has 1 aliphatic rings. The van der Waals surface area contributed by atoms with E-state index in [1.54, 1.807) is 6.92 Å². The summed E-state index contributed by atoms with van der Waals surface area (Å²) < 4.78 is 57.1. The molecule has 5 rings (SSSR count). The Morgan fingerprint density at radius 3 is 2.47 bits per heavy atom. The first kappa shape index (κ1) is 22.3. The van der Waals surface area contributed by atoms with Gasteiger partial charge >= 0.3 is 6.18 Å². The van der Waals surface area contributed by atoms with E-state index in [9.17, 15) is 17.6 Å². The maximum absolute atomic E-state index is 14.9. The van der Waals surface area contributed by atoms with Crippen molar-refractivity contribution in [3.05, 3.63) is 53.5 Å². The second kappa shape index (κ2) is 8.25. The molecule has 1 N–H and O–H groups in total. The van der Waals surface area contributed by atoms with Crippen LogP contribution < -0.4 is 5.32 Å². The summed E-state index contributed by atoms with van der Waals surface area (Å²) >= 11 is 0. The Morgan fingerprint density at radius 1 is 1.00 bits per heavy atom. The molecule has 11 heteroatoms. The molecular weight excluding hydrogens is 448 g/mol. The number of imidazole rings is 1. The summed E-state index contributed by atoms with van der Waals surface area (Å²) in [5, 5.41) is 11.5. The first-order valence-corrected chi connectivity index (χ1v) is 9.91. The Kier molecular flexibility index (Phi) is 5.76. The van der Waals surface area contributed by atoms with Crippen molar-refractivity contribution < 1.29 is 17.6 Å². The fourth-order valence-corrected chi connectivity index (χ4v) is 4.02. The van der Waals surface area contributed by atoms with Crippen molar-refractivity contribution in [3.8, 4) is 11.1 Å². The van der Waals surface area contributed by atoms with Crippen LogP contribution in [0.3, 0.4) is 0 Å². The van der Waals surface area contributed by atoms with Gasteiger partial charge in [0.2, 0.25) is 0 Å². The minimum absolute atomic E-state index is 0. The van der Waals surface area contributed by atoms with E-state index in [-0.39, 0.29) is 46.1 Å². The molecule has 4 heterocycles. The van der Waals surface area contributed by atoms with Crippen LogP contribution in [0.5, 0.6) is 0 Å². The number of fused-ring (bicyclic) bond motifs is 2. The Hall–Kier alpha value is -2.85. The molecule has 4 aromatic rings. The van der Waals surface area contributed by atoms with Crippen LogP contribution in [-0.4, -0.2) is 37.7 Å². The number of pyridine rings is 1. The van der Waals surface area contributed by atoms with Crippen LogP contribution in [0.25, 0.3) is 27.8 Å². The lowest BCUT2D eigenvalue weighted by atomic mass is 9.97. The second-order valence-electron chi connectivity index (χ2n) is 7.77. The van der Waals surface area contributed by atoms with Crippen LogP contribution >= 0.6 is 12.4 Å². The lowest BCUT2D eigenvalue weighted by Crippen LogP contribution is -2.27. The SMILES string of the molecule is Cc1cn2cc(-c3cc(F)c4nc(C5CCNCC5)nnc4c3)cc(C(F)(F)F)c2n1.Cl. The number of aromatic nitrogens is 5. The van der Waals surface area contributed by atoms with Gasteiger partial charge in [-0.1, -0.05) is 0 Å². The maximum atomic E-state index is 14.9. The van der Waals surface area contributed by atoms with Crippen molar-refractivity contribution in [2.45, 2.75) is 31.9 Å². The molecule has 0 bridgehead atoms. The first-order valence-electron chi connectivity index (χ1n) is 9.91. The molecule has 0 spiro atoms. The van der Waals surface area contributed by atoms with Crippen LogP contribution in [0.1, 0.15) is 35.8 Å². The molecule has 0 unspecified atom stereocenters. The van der Waals surface area contributed by atoms with Gasteiger partial charge in [0.05, 0.1) is 11.3 Å². The van der Waals surface area contributed by atoms with E-state index in [0.717, 1.165) is 32.0 Å². The molecule has 6 nitrogen and oxygen atoms in total. The summed E-state index contributed by atoms with van der Waals surface area (Å²) in [5.41, 5.74) is 0.0998. The molecule has 1 aliphatic heterocycles. The van der Waals surface area contributed by atoms with E-state index in [1.165, 1.54) is 28.9 Å². The smallest absolute Gasteiger partial charge is 0.317 e. The number of piperidine rings is 1. The van der Waals surface area contributed by atoms with Crippen molar-refractivity contribution in [1.82, 2.24) is 29.9 Å². The largest absolute Gasteiger partial charge is 0.420 e. The third-order valence-corrected chi connectivity index (χ3v) is 5.54. The molecular formula is C21H19ClF4N6. The highest BCUT2D eigenvalue weighted by atomic mass is 35.5. The normalized spacial score (nSPS) is 15.3. The van der Waals surface area contributed by atoms with Gasteiger partial charge in [0.15, 0.2) is 11.6 Å². The fourth-order valence-electron chi connectivity index (χ4n) is 4.02. The fraction of sp³-hybridized carbons (Fsp3) is 0.333. The highest BCUT2D eigenvalue weighted by molar-refractivity contribution is 5.85. The summed E-state index contributed by atoms with van der Waals surface area (Å²) in [6.07, 6.45) is 0.0814. The molecule has 0 aliphatic carbocycles. The van der Waals surface area contributed by atoms with E-state index >= 15 is 0 Å². The zero-order chi connectivity index (χ0) is 21.8. The molecule has 0 atom stereocenters. The summed E-state index contributed by atoms with van der Waals surface area (Å²) in [7, 11) is 0. The molecule has 1 fully saturated rings. The van der Waals surface area contributed by atoms with Gasteiger partial charge in [-0.2, -0.15) is 13.2 Å².